The zero-order chi connectivity index (χ0) is 27.0. The Balaban J connectivity index is 1.21. The molecular weight excluding hydrogens is 484 g/mol. The van der Waals surface area contributed by atoms with Crippen LogP contribution in [0.1, 0.15) is 68.6 Å². The molecule has 39 heavy (non-hydrogen) atoms. The van der Waals surface area contributed by atoms with Crippen molar-refractivity contribution in [2.45, 2.75) is 88.3 Å². The first kappa shape index (κ1) is 26.7. The number of phenols is 1. The summed E-state index contributed by atoms with van der Waals surface area (Å²) in [6, 6.07) is 13.5. The molecule has 0 unspecified atom stereocenters. The lowest BCUT2D eigenvalue weighted by Gasteiger charge is -2.60. The summed E-state index contributed by atoms with van der Waals surface area (Å²) in [6.07, 6.45) is 12.8. The van der Waals surface area contributed by atoms with Crippen molar-refractivity contribution >= 4 is 0 Å². The number of likely N-dealkylation sites (tertiary alicyclic amines) is 1. The van der Waals surface area contributed by atoms with E-state index in [-0.39, 0.29) is 11.5 Å². The monoisotopic (exact) mass is 530 g/mol. The summed E-state index contributed by atoms with van der Waals surface area (Å²) < 4.78 is 12.8. The Morgan fingerprint density at radius 3 is 2.77 bits per heavy atom. The lowest BCUT2D eigenvalue weighted by Crippen LogP contribution is -2.68. The van der Waals surface area contributed by atoms with Gasteiger partial charge in [0.25, 0.3) is 0 Å². The van der Waals surface area contributed by atoms with Gasteiger partial charge in [-0.1, -0.05) is 56.2 Å². The molecule has 2 aliphatic heterocycles. The largest absolute Gasteiger partial charge is 0.508 e. The second kappa shape index (κ2) is 11.2. The Morgan fingerprint density at radius 2 is 2.00 bits per heavy atom. The van der Waals surface area contributed by atoms with Crippen molar-refractivity contribution in [1.29, 1.82) is 0 Å². The first-order valence-electron chi connectivity index (χ1n) is 15.3. The molecule has 1 saturated heterocycles. The van der Waals surface area contributed by atoms with E-state index in [1.54, 1.807) is 13.2 Å². The number of piperidine rings is 1. The average Bonchev–Trinajstić information content (AvgIpc) is 3.30. The van der Waals surface area contributed by atoms with Crippen molar-refractivity contribution in [2.75, 3.05) is 33.3 Å². The number of rotatable bonds is 12. The van der Waals surface area contributed by atoms with E-state index in [1.165, 1.54) is 56.1 Å². The summed E-state index contributed by atoms with van der Waals surface area (Å²) in [5.74, 6) is 2.54. The van der Waals surface area contributed by atoms with Gasteiger partial charge in [0.05, 0.1) is 7.11 Å². The molecule has 6 rings (SSSR count). The molecular formula is C34H46N2O3. The lowest BCUT2D eigenvalue weighted by atomic mass is 9.50. The van der Waals surface area contributed by atoms with Gasteiger partial charge in [0.2, 0.25) is 0 Å². The average molecular weight is 531 g/mol. The van der Waals surface area contributed by atoms with Crippen LogP contribution in [0, 0.1) is 5.92 Å². The highest BCUT2D eigenvalue weighted by atomic mass is 16.5. The third-order valence-corrected chi connectivity index (χ3v) is 10.5. The van der Waals surface area contributed by atoms with E-state index in [0.29, 0.717) is 29.5 Å². The minimum atomic E-state index is -0.0384. The molecule has 2 fully saturated rings. The normalized spacial score (nSPS) is 28.7. The number of unbranched alkanes of at least 4 members (excludes halogenated alkanes) is 3. The Labute approximate surface area is 234 Å². The van der Waals surface area contributed by atoms with Crippen LogP contribution in [0.2, 0.25) is 0 Å². The number of nitrogens with zero attached hydrogens (tertiary/aromatic N) is 2. The number of hydrogen-bond acceptors (Lipinski definition) is 5. The van der Waals surface area contributed by atoms with Crippen LogP contribution in [0.3, 0.4) is 0 Å². The molecule has 5 nitrogen and oxygen atoms in total. The van der Waals surface area contributed by atoms with Gasteiger partial charge in [0, 0.05) is 41.2 Å². The van der Waals surface area contributed by atoms with Crippen molar-refractivity contribution in [3.05, 3.63) is 65.7 Å². The van der Waals surface area contributed by atoms with Gasteiger partial charge < -0.3 is 14.6 Å². The van der Waals surface area contributed by atoms with Gasteiger partial charge in [-0.3, -0.25) is 9.80 Å². The molecule has 2 bridgehead atoms. The third kappa shape index (κ3) is 4.46. The van der Waals surface area contributed by atoms with E-state index in [0.717, 1.165) is 50.3 Å². The van der Waals surface area contributed by atoms with Crippen molar-refractivity contribution in [3.8, 4) is 17.2 Å². The number of benzene rings is 2. The molecule has 0 radical (unpaired) electrons. The quantitative estimate of drug-likeness (QED) is 0.265. The van der Waals surface area contributed by atoms with Crippen molar-refractivity contribution in [2.24, 2.45) is 5.92 Å². The van der Waals surface area contributed by atoms with Gasteiger partial charge in [-0.25, -0.2) is 0 Å². The molecule has 0 aromatic heterocycles. The molecule has 4 aliphatic rings. The SMILES string of the molecule is C=CCN1CC[C@]23c4c5c(O)cc(OC)c4O[C@H]2[C@@H](N(CC)CCCCCCc2ccccc2)CC[C@H]3[C@H]1C5. The van der Waals surface area contributed by atoms with Gasteiger partial charge in [-0.05, 0) is 76.1 Å². The van der Waals surface area contributed by atoms with E-state index in [1.807, 2.05) is 6.08 Å². The summed E-state index contributed by atoms with van der Waals surface area (Å²) >= 11 is 0. The van der Waals surface area contributed by atoms with E-state index in [4.69, 9.17) is 9.47 Å². The summed E-state index contributed by atoms with van der Waals surface area (Å²) in [5, 5.41) is 11.2. The van der Waals surface area contributed by atoms with Gasteiger partial charge >= 0.3 is 0 Å². The molecule has 1 spiro atoms. The molecule has 210 valence electrons. The molecule has 5 atom stereocenters. The number of hydrogen-bond donors (Lipinski definition) is 1. The van der Waals surface area contributed by atoms with Crippen molar-refractivity contribution in [3.63, 3.8) is 0 Å². The van der Waals surface area contributed by atoms with Crippen LogP contribution in [0.5, 0.6) is 17.2 Å². The zero-order valence-electron chi connectivity index (χ0n) is 23.9. The molecule has 2 aromatic rings. The second-order valence-electron chi connectivity index (χ2n) is 12.2. The van der Waals surface area contributed by atoms with Gasteiger partial charge in [-0.2, -0.15) is 0 Å². The summed E-state index contributed by atoms with van der Waals surface area (Å²) in [6.45, 7) is 10.5. The van der Waals surface area contributed by atoms with Crippen LogP contribution in [0.4, 0.5) is 0 Å². The van der Waals surface area contributed by atoms with Gasteiger partial charge in [0.15, 0.2) is 11.5 Å². The first-order chi connectivity index (χ1) is 19.1. The van der Waals surface area contributed by atoms with Crippen molar-refractivity contribution in [1.82, 2.24) is 9.80 Å². The van der Waals surface area contributed by atoms with E-state index < -0.39 is 0 Å². The van der Waals surface area contributed by atoms with Gasteiger partial charge in [0.1, 0.15) is 11.9 Å². The molecule has 2 aliphatic carbocycles. The van der Waals surface area contributed by atoms with Crippen molar-refractivity contribution < 1.29 is 14.6 Å². The minimum absolute atomic E-state index is 0.0384. The van der Waals surface area contributed by atoms with E-state index in [9.17, 15) is 5.11 Å². The molecule has 1 N–H and O–H groups in total. The second-order valence-corrected chi connectivity index (χ2v) is 12.2. The van der Waals surface area contributed by atoms with Crippen LogP contribution in [-0.2, 0) is 18.3 Å². The highest BCUT2D eigenvalue weighted by Gasteiger charge is 2.66. The fourth-order valence-electron chi connectivity index (χ4n) is 8.77. The third-order valence-electron chi connectivity index (χ3n) is 10.5. The fraction of sp³-hybridized carbons (Fsp3) is 0.588. The summed E-state index contributed by atoms with van der Waals surface area (Å²) in [7, 11) is 1.70. The highest BCUT2D eigenvalue weighted by Crippen LogP contribution is 2.65. The van der Waals surface area contributed by atoms with Crippen LogP contribution in [0.15, 0.2) is 49.1 Å². The Bertz CT molecular complexity index is 1170. The molecule has 2 aromatic carbocycles. The van der Waals surface area contributed by atoms with E-state index >= 15 is 0 Å². The molecule has 2 heterocycles. The molecule has 1 saturated carbocycles. The number of aryl methyl sites for hydroxylation is 1. The highest BCUT2D eigenvalue weighted by molar-refractivity contribution is 5.65. The zero-order valence-corrected chi connectivity index (χ0v) is 23.9. The maximum atomic E-state index is 11.2. The summed E-state index contributed by atoms with van der Waals surface area (Å²) in [5.41, 5.74) is 3.80. The number of likely N-dealkylation sites (N-methyl/N-ethyl adjacent to an activating group) is 1. The Hall–Kier alpha value is -2.50. The Kier molecular flexibility index (Phi) is 7.65. The first-order valence-corrected chi connectivity index (χ1v) is 15.3. The van der Waals surface area contributed by atoms with E-state index in [2.05, 4.69) is 53.6 Å². The Morgan fingerprint density at radius 1 is 1.18 bits per heavy atom. The predicted molar refractivity (Wildman–Crippen MR) is 157 cm³/mol. The smallest absolute Gasteiger partial charge is 0.166 e. The fourth-order valence-corrected chi connectivity index (χ4v) is 8.77. The van der Waals surface area contributed by atoms with Gasteiger partial charge in [-0.15, -0.1) is 6.58 Å². The standard InChI is InChI=1S/C34H46N2O3/c1-4-19-36-21-18-34-26-16-17-27(35(5-2)20-12-7-6-9-13-24-14-10-8-11-15-24)33(34)39-32-30(38-3)23-29(37)25(31(32)34)22-28(26)36/h4,8,10-11,14-15,23,26-28,33,37H,1,5-7,9,12-13,16-22H2,2-3H3/t26-,27-,28+,33-,34-/m0/s1. The topological polar surface area (TPSA) is 45.2 Å². The van der Waals surface area contributed by atoms with Crippen LogP contribution in [0.25, 0.3) is 0 Å². The van der Waals surface area contributed by atoms with Crippen LogP contribution in [-0.4, -0.2) is 66.4 Å². The lowest BCUT2D eigenvalue weighted by molar-refractivity contribution is -0.0857. The summed E-state index contributed by atoms with van der Waals surface area (Å²) in [4.78, 5) is 5.32. The molecule has 0 amide bonds. The maximum Gasteiger partial charge on any atom is 0.166 e. The van der Waals surface area contributed by atoms with Crippen LogP contribution >= 0.6 is 0 Å². The molecule has 5 heteroatoms. The number of aromatic hydroxyl groups is 1. The number of phenolic OH excluding ortho intramolecular Hbond substituents is 1. The number of methoxy groups -OCH3 is 1. The predicted octanol–water partition coefficient (Wildman–Crippen LogP) is 6.12. The maximum absolute atomic E-state index is 11.2. The van der Waals surface area contributed by atoms with Crippen LogP contribution < -0.4 is 9.47 Å². The number of ether oxygens (including phenoxy) is 2. The minimum Gasteiger partial charge on any atom is -0.508 e.